The first-order chi connectivity index (χ1) is 12.3. The summed E-state index contributed by atoms with van der Waals surface area (Å²) in [7, 11) is 0. The van der Waals surface area contributed by atoms with Crippen molar-refractivity contribution < 1.29 is 14.3 Å². The molecule has 124 valence electrons. The van der Waals surface area contributed by atoms with Crippen molar-refractivity contribution in [1.82, 2.24) is 0 Å². The summed E-state index contributed by atoms with van der Waals surface area (Å²) in [6, 6.07) is 16.1. The fourth-order valence-electron chi connectivity index (χ4n) is 3.79. The number of aryl methyl sites for hydroxylation is 2. The van der Waals surface area contributed by atoms with Crippen LogP contribution in [0.15, 0.2) is 48.5 Å². The summed E-state index contributed by atoms with van der Waals surface area (Å²) in [4.78, 5) is 12.5. The third-order valence-corrected chi connectivity index (χ3v) is 4.95. The van der Waals surface area contributed by atoms with Crippen LogP contribution in [0.1, 0.15) is 16.7 Å². The zero-order valence-electron chi connectivity index (χ0n) is 13.7. The normalized spacial score (nSPS) is 14.1. The average Bonchev–Trinajstić information content (AvgIpc) is 3.25. The Balaban J connectivity index is 1.41. The van der Waals surface area contributed by atoms with Crippen LogP contribution < -0.4 is 14.8 Å². The summed E-state index contributed by atoms with van der Waals surface area (Å²) in [5, 5.41) is 5.51. The number of hydrogen-bond donors (Lipinski definition) is 1. The van der Waals surface area contributed by atoms with Crippen molar-refractivity contribution in [2.45, 2.75) is 19.3 Å². The van der Waals surface area contributed by atoms with E-state index in [1.807, 2.05) is 24.3 Å². The van der Waals surface area contributed by atoms with Crippen LogP contribution in [0.25, 0.3) is 10.8 Å². The number of benzene rings is 3. The van der Waals surface area contributed by atoms with Crippen molar-refractivity contribution in [2.24, 2.45) is 0 Å². The minimum atomic E-state index is -0.0300. The Morgan fingerprint density at radius 3 is 2.72 bits per heavy atom. The summed E-state index contributed by atoms with van der Waals surface area (Å²) < 4.78 is 10.7. The van der Waals surface area contributed by atoms with Gasteiger partial charge in [-0.25, -0.2) is 0 Å². The predicted molar refractivity (Wildman–Crippen MR) is 96.3 cm³/mol. The minimum Gasteiger partial charge on any atom is -0.454 e. The monoisotopic (exact) mass is 331 g/mol. The van der Waals surface area contributed by atoms with Gasteiger partial charge in [0.1, 0.15) is 0 Å². The topological polar surface area (TPSA) is 47.6 Å². The Morgan fingerprint density at radius 2 is 1.80 bits per heavy atom. The number of carbonyl (C=O) groups excluding carboxylic acids is 1. The number of fused-ring (bicyclic) bond motifs is 1. The van der Waals surface area contributed by atoms with Crippen LogP contribution in [0.5, 0.6) is 11.5 Å². The van der Waals surface area contributed by atoms with Crippen LogP contribution in [0.3, 0.4) is 0 Å². The van der Waals surface area contributed by atoms with Crippen LogP contribution in [0.4, 0.5) is 5.69 Å². The van der Waals surface area contributed by atoms with E-state index in [-0.39, 0.29) is 12.7 Å². The fourth-order valence-corrected chi connectivity index (χ4v) is 3.79. The van der Waals surface area contributed by atoms with Gasteiger partial charge in [0.05, 0.1) is 6.42 Å². The molecule has 3 aromatic rings. The number of rotatable bonds is 3. The van der Waals surface area contributed by atoms with Crippen molar-refractivity contribution in [1.29, 1.82) is 0 Å². The van der Waals surface area contributed by atoms with Crippen molar-refractivity contribution in [2.75, 3.05) is 12.1 Å². The van der Waals surface area contributed by atoms with E-state index in [4.69, 9.17) is 9.47 Å². The number of amides is 1. The molecule has 4 nitrogen and oxygen atoms in total. The highest BCUT2D eigenvalue weighted by molar-refractivity contribution is 6.05. The SMILES string of the molecule is O=C(Cc1ccc2c(c1)OCO2)Nc1ccc2c3c(cccc13)CC2. The molecule has 1 amide bonds. The van der Waals surface area contributed by atoms with Crippen molar-refractivity contribution >= 4 is 22.4 Å². The van der Waals surface area contributed by atoms with Crippen molar-refractivity contribution in [3.8, 4) is 11.5 Å². The largest absolute Gasteiger partial charge is 0.454 e. The van der Waals surface area contributed by atoms with Gasteiger partial charge in [0.15, 0.2) is 11.5 Å². The van der Waals surface area contributed by atoms with Gasteiger partial charge in [-0.05, 0) is 53.1 Å². The van der Waals surface area contributed by atoms with Crippen LogP contribution >= 0.6 is 0 Å². The molecule has 4 heteroatoms. The summed E-state index contributed by atoms with van der Waals surface area (Å²) in [6.45, 7) is 0.242. The van der Waals surface area contributed by atoms with E-state index in [2.05, 4.69) is 29.6 Å². The third-order valence-electron chi connectivity index (χ3n) is 4.95. The first kappa shape index (κ1) is 14.3. The van der Waals surface area contributed by atoms with E-state index in [1.165, 1.54) is 16.5 Å². The zero-order chi connectivity index (χ0) is 16.8. The Labute approximate surface area is 145 Å². The molecule has 0 saturated carbocycles. The molecule has 1 aliphatic carbocycles. The van der Waals surface area contributed by atoms with Gasteiger partial charge in [-0.15, -0.1) is 0 Å². The van der Waals surface area contributed by atoms with Gasteiger partial charge in [-0.3, -0.25) is 4.79 Å². The molecule has 1 N–H and O–H groups in total. The van der Waals surface area contributed by atoms with E-state index in [9.17, 15) is 4.79 Å². The molecule has 1 heterocycles. The van der Waals surface area contributed by atoms with Crippen LogP contribution in [0, 0.1) is 0 Å². The van der Waals surface area contributed by atoms with Crippen LogP contribution in [-0.2, 0) is 24.1 Å². The predicted octanol–water partition coefficient (Wildman–Crippen LogP) is 3.85. The molecule has 0 unspecified atom stereocenters. The molecule has 0 bridgehead atoms. The molecule has 0 radical (unpaired) electrons. The molecule has 0 aromatic heterocycles. The number of carbonyl (C=O) groups is 1. The molecule has 0 fully saturated rings. The maximum Gasteiger partial charge on any atom is 0.231 e. The second-order valence-corrected chi connectivity index (χ2v) is 6.52. The van der Waals surface area contributed by atoms with Crippen molar-refractivity contribution in [3.05, 3.63) is 65.2 Å². The van der Waals surface area contributed by atoms with Crippen LogP contribution in [0.2, 0.25) is 0 Å². The first-order valence-electron chi connectivity index (χ1n) is 8.50. The second-order valence-electron chi connectivity index (χ2n) is 6.52. The van der Waals surface area contributed by atoms with E-state index in [0.717, 1.165) is 35.2 Å². The zero-order valence-corrected chi connectivity index (χ0v) is 13.7. The van der Waals surface area contributed by atoms with Gasteiger partial charge >= 0.3 is 0 Å². The molecular formula is C21H17NO3. The summed E-state index contributed by atoms with van der Waals surface area (Å²) in [6.07, 6.45) is 2.47. The number of nitrogens with one attached hydrogen (secondary N) is 1. The number of anilines is 1. The Morgan fingerprint density at radius 1 is 0.960 bits per heavy atom. The summed E-state index contributed by atoms with van der Waals surface area (Å²) in [5.74, 6) is 1.41. The van der Waals surface area contributed by atoms with E-state index < -0.39 is 0 Å². The Hall–Kier alpha value is -3.01. The molecule has 0 saturated heterocycles. The highest BCUT2D eigenvalue weighted by atomic mass is 16.7. The maximum absolute atomic E-state index is 12.5. The molecule has 0 atom stereocenters. The van der Waals surface area contributed by atoms with Gasteiger partial charge in [0.2, 0.25) is 12.7 Å². The molecule has 5 rings (SSSR count). The molecule has 1 aliphatic heterocycles. The fraction of sp³-hybridized carbons (Fsp3) is 0.190. The average molecular weight is 331 g/mol. The van der Waals surface area contributed by atoms with Gasteiger partial charge in [-0.2, -0.15) is 0 Å². The standard InChI is InChI=1S/C21H17NO3/c23-20(11-13-4-9-18-19(10-13)25-12-24-18)22-17-8-7-15-6-5-14-2-1-3-16(17)21(14)15/h1-4,7-10H,5-6,11-12H2,(H,22,23). The van der Waals surface area contributed by atoms with E-state index in [1.54, 1.807) is 0 Å². The minimum absolute atomic E-state index is 0.0300. The highest BCUT2D eigenvalue weighted by Gasteiger charge is 2.18. The third kappa shape index (κ3) is 2.41. The number of hydrogen-bond acceptors (Lipinski definition) is 3. The number of ether oxygens (including phenoxy) is 2. The van der Waals surface area contributed by atoms with Crippen molar-refractivity contribution in [3.63, 3.8) is 0 Å². The Bertz CT molecular complexity index is 999. The first-order valence-corrected chi connectivity index (χ1v) is 8.50. The molecule has 0 spiro atoms. The van der Waals surface area contributed by atoms with Crippen LogP contribution in [-0.4, -0.2) is 12.7 Å². The highest BCUT2D eigenvalue weighted by Crippen LogP contribution is 2.35. The second kappa shape index (κ2) is 5.52. The quantitative estimate of drug-likeness (QED) is 0.793. The smallest absolute Gasteiger partial charge is 0.231 e. The molecule has 25 heavy (non-hydrogen) atoms. The van der Waals surface area contributed by atoms with Gasteiger partial charge in [0, 0.05) is 11.1 Å². The molecular weight excluding hydrogens is 314 g/mol. The lowest BCUT2D eigenvalue weighted by molar-refractivity contribution is -0.115. The Kier molecular flexibility index (Phi) is 3.17. The van der Waals surface area contributed by atoms with E-state index >= 15 is 0 Å². The summed E-state index contributed by atoms with van der Waals surface area (Å²) in [5.41, 5.74) is 4.54. The lowest BCUT2D eigenvalue weighted by Gasteiger charge is -2.11. The maximum atomic E-state index is 12.5. The molecule has 3 aromatic carbocycles. The van der Waals surface area contributed by atoms with E-state index in [0.29, 0.717) is 12.2 Å². The lowest BCUT2D eigenvalue weighted by atomic mass is 10.0. The lowest BCUT2D eigenvalue weighted by Crippen LogP contribution is -2.14. The van der Waals surface area contributed by atoms with Gasteiger partial charge < -0.3 is 14.8 Å². The summed E-state index contributed by atoms with van der Waals surface area (Å²) >= 11 is 0. The van der Waals surface area contributed by atoms with Gasteiger partial charge in [0.25, 0.3) is 0 Å². The van der Waals surface area contributed by atoms with Gasteiger partial charge in [-0.1, -0.05) is 30.3 Å². The molecule has 2 aliphatic rings.